The molecule has 1 aromatic carbocycles. The summed E-state index contributed by atoms with van der Waals surface area (Å²) in [5.74, 6) is 0.876. The molecule has 2 aromatic rings. The molecule has 90 valence electrons. The Hall–Kier alpha value is -1.33. The molecule has 17 heavy (non-hydrogen) atoms. The lowest BCUT2D eigenvalue weighted by Crippen LogP contribution is -2.13. The van der Waals surface area contributed by atoms with Crippen molar-refractivity contribution >= 4 is 15.9 Å². The predicted molar refractivity (Wildman–Crippen MR) is 67.7 cm³/mol. The summed E-state index contributed by atoms with van der Waals surface area (Å²) >= 11 is 3.45. The van der Waals surface area contributed by atoms with Crippen molar-refractivity contribution in [2.75, 3.05) is 7.11 Å². The summed E-state index contributed by atoms with van der Waals surface area (Å²) < 4.78 is 11.1. The van der Waals surface area contributed by atoms with Crippen molar-refractivity contribution in [3.8, 4) is 5.75 Å². The third kappa shape index (κ3) is 3.31. The van der Waals surface area contributed by atoms with Crippen LogP contribution < -0.4 is 10.1 Å². The van der Waals surface area contributed by atoms with Gasteiger partial charge in [-0.15, -0.1) is 0 Å². The summed E-state index contributed by atoms with van der Waals surface area (Å²) in [5, 5.41) is 7.11. The molecule has 0 saturated carbocycles. The van der Waals surface area contributed by atoms with Gasteiger partial charge in [0.2, 0.25) is 0 Å². The second kappa shape index (κ2) is 5.84. The first-order valence-electron chi connectivity index (χ1n) is 5.22. The van der Waals surface area contributed by atoms with E-state index in [0.29, 0.717) is 6.54 Å². The van der Waals surface area contributed by atoms with Gasteiger partial charge in [0.05, 0.1) is 12.8 Å². The molecule has 0 amide bonds. The van der Waals surface area contributed by atoms with Crippen LogP contribution in [0.2, 0.25) is 0 Å². The summed E-state index contributed by atoms with van der Waals surface area (Å²) in [6.07, 6.45) is 1.57. The maximum absolute atomic E-state index is 5.29. The molecule has 0 spiro atoms. The molecule has 0 bridgehead atoms. The van der Waals surface area contributed by atoms with E-state index in [2.05, 4.69) is 26.4 Å². The lowest BCUT2D eigenvalue weighted by Gasteiger charge is -2.09. The molecule has 1 aromatic heterocycles. The van der Waals surface area contributed by atoms with Gasteiger partial charge in [-0.25, -0.2) is 0 Å². The van der Waals surface area contributed by atoms with Gasteiger partial charge >= 0.3 is 0 Å². The quantitative estimate of drug-likeness (QED) is 0.922. The van der Waals surface area contributed by atoms with E-state index >= 15 is 0 Å². The first-order valence-corrected chi connectivity index (χ1v) is 6.01. The van der Waals surface area contributed by atoms with Gasteiger partial charge in [-0.05, 0) is 18.2 Å². The van der Waals surface area contributed by atoms with Crippen molar-refractivity contribution in [3.63, 3.8) is 0 Å². The molecule has 0 atom stereocenters. The fourth-order valence-corrected chi connectivity index (χ4v) is 1.95. The van der Waals surface area contributed by atoms with Gasteiger partial charge in [-0.3, -0.25) is 0 Å². The van der Waals surface area contributed by atoms with Crippen LogP contribution in [0.5, 0.6) is 5.75 Å². The largest absolute Gasteiger partial charge is 0.496 e. The minimum atomic E-state index is 0.673. The minimum absolute atomic E-state index is 0.673. The standard InChI is InChI=1S/C12H13BrN2O2/c1-16-12-3-2-10(13)6-9(12)7-14-8-11-4-5-17-15-11/h2-6,14H,7-8H2,1H3. The summed E-state index contributed by atoms with van der Waals surface area (Å²) in [7, 11) is 1.67. The normalized spacial score (nSPS) is 10.5. The Bertz CT molecular complexity index is 471. The third-order valence-corrected chi connectivity index (χ3v) is 2.85. The number of hydrogen-bond donors (Lipinski definition) is 1. The van der Waals surface area contributed by atoms with Crippen LogP contribution in [0.4, 0.5) is 0 Å². The average Bonchev–Trinajstić information content (AvgIpc) is 2.82. The van der Waals surface area contributed by atoms with Gasteiger partial charge in [0.15, 0.2) is 0 Å². The molecule has 0 radical (unpaired) electrons. The number of nitrogens with one attached hydrogen (secondary N) is 1. The molecular formula is C12H13BrN2O2. The lowest BCUT2D eigenvalue weighted by atomic mass is 10.2. The SMILES string of the molecule is COc1ccc(Br)cc1CNCc1ccon1. The van der Waals surface area contributed by atoms with Crippen LogP contribution in [-0.2, 0) is 13.1 Å². The molecule has 0 aliphatic carbocycles. The van der Waals surface area contributed by atoms with E-state index < -0.39 is 0 Å². The maximum atomic E-state index is 5.29. The highest BCUT2D eigenvalue weighted by molar-refractivity contribution is 9.10. The fourth-order valence-electron chi connectivity index (χ4n) is 1.54. The lowest BCUT2D eigenvalue weighted by molar-refractivity contribution is 0.403. The highest BCUT2D eigenvalue weighted by Crippen LogP contribution is 2.22. The Morgan fingerprint density at radius 3 is 2.94 bits per heavy atom. The molecule has 1 N–H and O–H groups in total. The number of rotatable bonds is 5. The molecule has 2 rings (SSSR count). The summed E-state index contributed by atoms with van der Waals surface area (Å²) in [5.41, 5.74) is 1.99. The Labute approximate surface area is 108 Å². The first kappa shape index (κ1) is 12.1. The molecule has 0 fully saturated rings. The summed E-state index contributed by atoms with van der Waals surface area (Å²) in [4.78, 5) is 0. The summed E-state index contributed by atoms with van der Waals surface area (Å²) in [6, 6.07) is 7.77. The van der Waals surface area contributed by atoms with Crippen molar-refractivity contribution in [2.24, 2.45) is 0 Å². The van der Waals surface area contributed by atoms with Crippen LogP contribution >= 0.6 is 15.9 Å². The van der Waals surface area contributed by atoms with Crippen molar-refractivity contribution in [2.45, 2.75) is 13.1 Å². The highest BCUT2D eigenvalue weighted by Gasteiger charge is 2.03. The molecule has 5 heteroatoms. The second-order valence-corrected chi connectivity index (χ2v) is 4.47. The smallest absolute Gasteiger partial charge is 0.124 e. The Balaban J connectivity index is 1.96. The molecule has 0 aliphatic heterocycles. The number of aromatic nitrogens is 1. The molecular weight excluding hydrogens is 284 g/mol. The van der Waals surface area contributed by atoms with Gasteiger partial charge in [-0.1, -0.05) is 21.1 Å². The Morgan fingerprint density at radius 2 is 2.24 bits per heavy atom. The number of nitrogens with zero attached hydrogens (tertiary/aromatic N) is 1. The number of hydrogen-bond acceptors (Lipinski definition) is 4. The fraction of sp³-hybridized carbons (Fsp3) is 0.250. The van der Waals surface area contributed by atoms with Crippen molar-refractivity contribution < 1.29 is 9.26 Å². The number of methoxy groups -OCH3 is 1. The third-order valence-electron chi connectivity index (χ3n) is 2.36. The number of halogens is 1. The number of benzene rings is 1. The van der Waals surface area contributed by atoms with Crippen molar-refractivity contribution in [3.05, 3.63) is 46.3 Å². The van der Waals surface area contributed by atoms with Crippen molar-refractivity contribution in [1.82, 2.24) is 10.5 Å². The second-order valence-electron chi connectivity index (χ2n) is 3.55. The molecule has 0 unspecified atom stereocenters. The molecule has 1 heterocycles. The van der Waals surface area contributed by atoms with E-state index in [-0.39, 0.29) is 0 Å². The van der Waals surface area contributed by atoms with Gasteiger partial charge in [0.1, 0.15) is 12.0 Å². The highest BCUT2D eigenvalue weighted by atomic mass is 79.9. The van der Waals surface area contributed by atoms with Gasteiger partial charge in [0, 0.05) is 29.2 Å². The Kier molecular flexibility index (Phi) is 4.17. The van der Waals surface area contributed by atoms with Gasteiger partial charge in [0.25, 0.3) is 0 Å². The monoisotopic (exact) mass is 296 g/mol. The molecule has 0 saturated heterocycles. The minimum Gasteiger partial charge on any atom is -0.496 e. The van der Waals surface area contributed by atoms with Crippen LogP contribution in [0.25, 0.3) is 0 Å². The predicted octanol–water partition coefficient (Wildman–Crippen LogP) is 2.74. The first-order chi connectivity index (χ1) is 8.29. The maximum Gasteiger partial charge on any atom is 0.124 e. The number of ether oxygens (including phenoxy) is 1. The van der Waals surface area contributed by atoms with Crippen LogP contribution in [0.1, 0.15) is 11.3 Å². The van der Waals surface area contributed by atoms with E-state index in [1.807, 2.05) is 24.3 Å². The van der Waals surface area contributed by atoms with E-state index in [9.17, 15) is 0 Å². The van der Waals surface area contributed by atoms with Crippen LogP contribution in [0, 0.1) is 0 Å². The van der Waals surface area contributed by atoms with Crippen molar-refractivity contribution in [1.29, 1.82) is 0 Å². The summed E-state index contributed by atoms with van der Waals surface area (Å²) in [6.45, 7) is 1.39. The van der Waals surface area contributed by atoms with E-state index in [4.69, 9.17) is 9.26 Å². The topological polar surface area (TPSA) is 47.3 Å². The van der Waals surface area contributed by atoms with Crippen LogP contribution in [0.15, 0.2) is 39.5 Å². The van der Waals surface area contributed by atoms with E-state index in [1.54, 1.807) is 13.4 Å². The zero-order valence-electron chi connectivity index (χ0n) is 9.44. The van der Waals surface area contributed by atoms with Crippen LogP contribution in [0.3, 0.4) is 0 Å². The molecule has 0 aliphatic rings. The average molecular weight is 297 g/mol. The Morgan fingerprint density at radius 1 is 1.35 bits per heavy atom. The van der Waals surface area contributed by atoms with E-state index in [1.165, 1.54) is 0 Å². The zero-order chi connectivity index (χ0) is 12.1. The van der Waals surface area contributed by atoms with E-state index in [0.717, 1.165) is 28.0 Å². The van der Waals surface area contributed by atoms with Gasteiger partial charge in [-0.2, -0.15) is 0 Å². The zero-order valence-corrected chi connectivity index (χ0v) is 11.0. The van der Waals surface area contributed by atoms with Gasteiger partial charge < -0.3 is 14.6 Å². The van der Waals surface area contributed by atoms with Crippen LogP contribution in [-0.4, -0.2) is 12.3 Å². The molecule has 4 nitrogen and oxygen atoms in total.